The maximum atomic E-state index is 14.2. The molecule has 0 aliphatic carbocycles. The molecule has 4 rings (SSSR count). The second-order valence-electron chi connectivity index (χ2n) is 7.73. The van der Waals surface area contributed by atoms with Gasteiger partial charge in [-0.05, 0) is 36.2 Å². The van der Waals surface area contributed by atoms with Gasteiger partial charge >= 0.3 is 0 Å². The molecule has 0 bridgehead atoms. The van der Waals surface area contributed by atoms with E-state index in [0.717, 1.165) is 11.1 Å². The van der Waals surface area contributed by atoms with Crippen LogP contribution < -0.4 is 0 Å². The summed E-state index contributed by atoms with van der Waals surface area (Å²) in [6.07, 6.45) is 0. The molecule has 2 aliphatic heterocycles. The Kier molecular flexibility index (Phi) is 4.88. The van der Waals surface area contributed by atoms with Crippen molar-refractivity contribution in [1.29, 1.82) is 0 Å². The summed E-state index contributed by atoms with van der Waals surface area (Å²) in [5.74, 6) is -0.543. The highest BCUT2D eigenvalue weighted by atomic mass is 35.5. The lowest BCUT2D eigenvalue weighted by Crippen LogP contribution is -2.37. The molecule has 2 aliphatic rings. The van der Waals surface area contributed by atoms with Gasteiger partial charge in [0.1, 0.15) is 5.82 Å². The number of nitrogens with zero attached hydrogens (tertiary/aromatic N) is 2. The number of benzene rings is 2. The van der Waals surface area contributed by atoms with Crippen LogP contribution in [0.2, 0.25) is 5.02 Å². The predicted octanol–water partition coefficient (Wildman–Crippen LogP) is 4.08. The van der Waals surface area contributed by atoms with Crippen molar-refractivity contribution in [3.63, 3.8) is 0 Å². The Balaban J connectivity index is 1.62. The van der Waals surface area contributed by atoms with Crippen molar-refractivity contribution in [2.45, 2.75) is 19.9 Å². The summed E-state index contributed by atoms with van der Waals surface area (Å²) in [5, 5.41) is 0.268. The molecule has 2 aromatic carbocycles. The molecular weight excluding hydrogens is 379 g/mol. The molecule has 6 heteroatoms. The highest BCUT2D eigenvalue weighted by molar-refractivity contribution is 6.30. The van der Waals surface area contributed by atoms with Crippen molar-refractivity contribution in [2.24, 2.45) is 11.8 Å². The fraction of sp³-hybridized carbons (Fsp3) is 0.364. The van der Waals surface area contributed by atoms with Crippen LogP contribution in [0.4, 0.5) is 4.39 Å². The van der Waals surface area contributed by atoms with E-state index in [-0.39, 0.29) is 40.3 Å². The lowest BCUT2D eigenvalue weighted by atomic mass is 9.87. The van der Waals surface area contributed by atoms with Crippen LogP contribution in [0.5, 0.6) is 0 Å². The number of halogens is 2. The molecule has 0 spiro atoms. The first kappa shape index (κ1) is 18.9. The van der Waals surface area contributed by atoms with E-state index in [1.807, 2.05) is 30.0 Å². The van der Waals surface area contributed by atoms with Crippen molar-refractivity contribution in [3.8, 4) is 0 Å². The number of carbonyl (C=O) groups is 2. The molecule has 2 heterocycles. The summed E-state index contributed by atoms with van der Waals surface area (Å²) in [6.45, 7) is 5.29. The first-order valence-electron chi connectivity index (χ1n) is 9.44. The summed E-state index contributed by atoms with van der Waals surface area (Å²) in [6, 6.07) is 12.1. The average molecular weight is 401 g/mol. The summed E-state index contributed by atoms with van der Waals surface area (Å²) in [5.41, 5.74) is 2.30. The number of hydrogen-bond donors (Lipinski definition) is 0. The summed E-state index contributed by atoms with van der Waals surface area (Å²) >= 11 is 5.80. The quantitative estimate of drug-likeness (QED) is 0.762. The number of aryl methyl sites for hydroxylation is 1. The number of fused-ring (bicyclic) bond motifs is 1. The van der Waals surface area contributed by atoms with Crippen LogP contribution >= 0.6 is 11.6 Å². The highest BCUT2D eigenvalue weighted by Gasteiger charge is 2.49. The minimum absolute atomic E-state index is 0.0419. The van der Waals surface area contributed by atoms with Gasteiger partial charge in [-0.25, -0.2) is 4.39 Å². The second kappa shape index (κ2) is 7.21. The Hall–Kier alpha value is -2.40. The fourth-order valence-electron chi connectivity index (χ4n) is 4.69. The Morgan fingerprint density at radius 1 is 1.11 bits per heavy atom. The fourth-order valence-corrected chi connectivity index (χ4v) is 4.84. The van der Waals surface area contributed by atoms with Crippen molar-refractivity contribution < 1.29 is 14.0 Å². The van der Waals surface area contributed by atoms with Gasteiger partial charge in [0, 0.05) is 43.4 Å². The largest absolute Gasteiger partial charge is 0.338 e. The molecule has 0 saturated carbocycles. The monoisotopic (exact) mass is 400 g/mol. The predicted molar refractivity (Wildman–Crippen MR) is 106 cm³/mol. The molecule has 2 aromatic rings. The average Bonchev–Trinajstić information content (AvgIpc) is 3.20. The minimum Gasteiger partial charge on any atom is -0.338 e. The molecule has 0 N–H and O–H groups in total. The Morgan fingerprint density at radius 2 is 1.86 bits per heavy atom. The third-order valence-electron chi connectivity index (χ3n) is 6.02. The van der Waals surface area contributed by atoms with E-state index in [0.29, 0.717) is 19.6 Å². The molecule has 2 amide bonds. The Morgan fingerprint density at radius 3 is 2.54 bits per heavy atom. The van der Waals surface area contributed by atoms with Crippen LogP contribution in [-0.2, 0) is 4.79 Å². The van der Waals surface area contributed by atoms with Crippen molar-refractivity contribution in [1.82, 2.24) is 9.80 Å². The Bertz CT molecular complexity index is 948. The molecule has 0 aromatic heterocycles. The third-order valence-corrected chi connectivity index (χ3v) is 6.26. The minimum atomic E-state index is -0.602. The van der Waals surface area contributed by atoms with Gasteiger partial charge in [0.2, 0.25) is 5.91 Å². The van der Waals surface area contributed by atoms with Gasteiger partial charge in [0.05, 0.1) is 11.6 Å². The topological polar surface area (TPSA) is 40.6 Å². The molecule has 2 fully saturated rings. The maximum absolute atomic E-state index is 14.2. The van der Waals surface area contributed by atoms with Crippen LogP contribution in [0.15, 0.2) is 42.5 Å². The van der Waals surface area contributed by atoms with Gasteiger partial charge in [-0.1, -0.05) is 35.9 Å². The molecule has 0 radical (unpaired) electrons. The van der Waals surface area contributed by atoms with E-state index in [1.54, 1.807) is 11.8 Å². The molecule has 146 valence electrons. The SMILES string of the molecule is CC(=O)N1C[C@H]2CN(C(=O)c3ccc(Cl)cc3F)C[C@H]2[C@H]1c1ccccc1C. The summed E-state index contributed by atoms with van der Waals surface area (Å²) in [7, 11) is 0. The van der Waals surface area contributed by atoms with Crippen molar-refractivity contribution >= 4 is 23.4 Å². The molecule has 4 nitrogen and oxygen atoms in total. The zero-order valence-corrected chi connectivity index (χ0v) is 16.6. The molecule has 0 unspecified atom stereocenters. The molecular formula is C22H22ClFN2O2. The maximum Gasteiger partial charge on any atom is 0.256 e. The van der Waals surface area contributed by atoms with E-state index < -0.39 is 5.82 Å². The smallest absolute Gasteiger partial charge is 0.256 e. The van der Waals surface area contributed by atoms with E-state index in [4.69, 9.17) is 11.6 Å². The normalized spacial score (nSPS) is 23.8. The molecule has 3 atom stereocenters. The number of rotatable bonds is 2. The first-order chi connectivity index (χ1) is 13.4. The zero-order chi connectivity index (χ0) is 20.0. The van der Waals surface area contributed by atoms with Crippen molar-refractivity contribution in [3.05, 3.63) is 70.0 Å². The lowest BCUT2D eigenvalue weighted by molar-refractivity contribution is -0.130. The van der Waals surface area contributed by atoms with E-state index in [9.17, 15) is 14.0 Å². The van der Waals surface area contributed by atoms with E-state index >= 15 is 0 Å². The molecule has 28 heavy (non-hydrogen) atoms. The standard InChI is InChI=1S/C22H22ClFN2O2/c1-13-5-3-4-6-17(13)21-19-12-25(10-15(19)11-26(21)14(2)27)22(28)18-8-7-16(23)9-20(18)24/h3-9,15,19,21H,10-12H2,1-2H3/t15-,19-,21-/m1/s1. The first-order valence-corrected chi connectivity index (χ1v) is 9.81. The van der Waals surface area contributed by atoms with Crippen LogP contribution in [0.3, 0.4) is 0 Å². The van der Waals surface area contributed by atoms with E-state index in [2.05, 4.69) is 6.07 Å². The van der Waals surface area contributed by atoms with Gasteiger partial charge in [-0.3, -0.25) is 9.59 Å². The van der Waals surface area contributed by atoms with Gasteiger partial charge in [0.25, 0.3) is 5.91 Å². The van der Waals surface area contributed by atoms with Crippen LogP contribution in [-0.4, -0.2) is 41.2 Å². The zero-order valence-electron chi connectivity index (χ0n) is 15.9. The highest BCUT2D eigenvalue weighted by Crippen LogP contribution is 2.46. The number of carbonyl (C=O) groups excluding carboxylic acids is 2. The third kappa shape index (κ3) is 3.18. The Labute approximate surface area is 168 Å². The number of hydrogen-bond acceptors (Lipinski definition) is 2. The lowest BCUT2D eigenvalue weighted by Gasteiger charge is -2.30. The molecule has 2 saturated heterocycles. The van der Waals surface area contributed by atoms with Gasteiger partial charge < -0.3 is 9.80 Å². The van der Waals surface area contributed by atoms with Crippen LogP contribution in [0.1, 0.15) is 34.5 Å². The summed E-state index contributed by atoms with van der Waals surface area (Å²) in [4.78, 5) is 28.8. The van der Waals surface area contributed by atoms with Gasteiger partial charge in [-0.15, -0.1) is 0 Å². The summed E-state index contributed by atoms with van der Waals surface area (Å²) < 4.78 is 14.2. The second-order valence-corrected chi connectivity index (χ2v) is 8.17. The van der Waals surface area contributed by atoms with Crippen molar-refractivity contribution in [2.75, 3.05) is 19.6 Å². The number of amides is 2. The number of likely N-dealkylation sites (tertiary alicyclic amines) is 2. The van der Waals surface area contributed by atoms with Crippen LogP contribution in [0.25, 0.3) is 0 Å². The van der Waals surface area contributed by atoms with Gasteiger partial charge in [0.15, 0.2) is 0 Å². The van der Waals surface area contributed by atoms with E-state index in [1.165, 1.54) is 18.2 Å². The van der Waals surface area contributed by atoms with Crippen LogP contribution in [0, 0.1) is 24.6 Å². The van der Waals surface area contributed by atoms with Gasteiger partial charge in [-0.2, -0.15) is 0 Å².